The summed E-state index contributed by atoms with van der Waals surface area (Å²) in [6.07, 6.45) is 12.1. The monoisotopic (exact) mass is 341 g/mol. The van der Waals surface area contributed by atoms with Gasteiger partial charge in [-0.05, 0) is 18.9 Å². The summed E-state index contributed by atoms with van der Waals surface area (Å²) in [6.45, 7) is 4.93. The number of anilines is 1. The molecule has 2 rings (SSSR count). The van der Waals surface area contributed by atoms with Crippen LogP contribution in [0.4, 0.5) is 5.95 Å². The third-order valence-electron chi connectivity index (χ3n) is 4.66. The van der Waals surface area contributed by atoms with Crippen LogP contribution in [-0.4, -0.2) is 22.4 Å². The molecule has 1 aromatic carbocycles. The number of imidazole rings is 1. The fourth-order valence-corrected chi connectivity index (χ4v) is 3.07. The number of H-pyrrole nitrogens is 1. The van der Waals surface area contributed by atoms with Crippen molar-refractivity contribution in [2.24, 2.45) is 0 Å². The van der Waals surface area contributed by atoms with Crippen LogP contribution < -0.4 is 4.90 Å². The molecule has 136 valence electrons. The molecule has 0 radical (unpaired) electrons. The molecule has 0 fully saturated rings. The summed E-state index contributed by atoms with van der Waals surface area (Å²) in [4.78, 5) is 22.2. The Morgan fingerprint density at radius 2 is 1.76 bits per heavy atom. The maximum Gasteiger partial charge on any atom is 0.236 e. The SMILES string of the molecule is CCCCCCCCCN(C(=O)C(C)c1ccccc1)c1ncc[nH]1. The van der Waals surface area contributed by atoms with Crippen LogP contribution in [0.25, 0.3) is 0 Å². The van der Waals surface area contributed by atoms with Gasteiger partial charge in [-0.2, -0.15) is 0 Å². The molecule has 0 aliphatic carbocycles. The summed E-state index contributed by atoms with van der Waals surface area (Å²) >= 11 is 0. The molecular formula is C21H31N3O. The van der Waals surface area contributed by atoms with Crippen LogP contribution in [-0.2, 0) is 4.79 Å². The van der Waals surface area contributed by atoms with E-state index in [4.69, 9.17) is 0 Å². The minimum atomic E-state index is -0.171. The maximum absolute atomic E-state index is 13.0. The second kappa shape index (κ2) is 10.7. The second-order valence-corrected chi connectivity index (χ2v) is 6.66. The smallest absolute Gasteiger partial charge is 0.236 e. The van der Waals surface area contributed by atoms with E-state index in [2.05, 4.69) is 16.9 Å². The van der Waals surface area contributed by atoms with Crippen molar-refractivity contribution in [3.63, 3.8) is 0 Å². The molecular weight excluding hydrogens is 310 g/mol. The predicted octanol–water partition coefficient (Wildman–Crippen LogP) is 5.30. The van der Waals surface area contributed by atoms with E-state index in [1.54, 1.807) is 12.4 Å². The van der Waals surface area contributed by atoms with Gasteiger partial charge in [0.15, 0.2) is 0 Å². The first-order chi connectivity index (χ1) is 12.2. The fourth-order valence-electron chi connectivity index (χ4n) is 3.07. The minimum absolute atomic E-state index is 0.104. The lowest BCUT2D eigenvalue weighted by molar-refractivity contribution is -0.119. The van der Waals surface area contributed by atoms with E-state index in [1.165, 1.54) is 32.1 Å². The van der Waals surface area contributed by atoms with Gasteiger partial charge in [-0.3, -0.25) is 9.69 Å². The maximum atomic E-state index is 13.0. The van der Waals surface area contributed by atoms with Gasteiger partial charge in [0.05, 0.1) is 5.92 Å². The second-order valence-electron chi connectivity index (χ2n) is 6.66. The van der Waals surface area contributed by atoms with Crippen LogP contribution in [0.3, 0.4) is 0 Å². The van der Waals surface area contributed by atoms with Crippen molar-refractivity contribution >= 4 is 11.9 Å². The van der Waals surface area contributed by atoms with Crippen molar-refractivity contribution in [2.45, 2.75) is 64.7 Å². The van der Waals surface area contributed by atoms with Gasteiger partial charge in [0.2, 0.25) is 11.9 Å². The van der Waals surface area contributed by atoms with E-state index < -0.39 is 0 Å². The van der Waals surface area contributed by atoms with Gasteiger partial charge in [-0.1, -0.05) is 75.8 Å². The third-order valence-corrected chi connectivity index (χ3v) is 4.66. The van der Waals surface area contributed by atoms with Crippen molar-refractivity contribution in [1.82, 2.24) is 9.97 Å². The van der Waals surface area contributed by atoms with Gasteiger partial charge in [0.1, 0.15) is 0 Å². The summed E-state index contributed by atoms with van der Waals surface area (Å²) in [7, 11) is 0. The molecule has 1 heterocycles. The standard InChI is InChI=1S/C21H31N3O/c1-3-4-5-6-7-8-12-17-24(21-22-15-16-23-21)20(25)18(2)19-13-10-9-11-14-19/h9-11,13-16,18H,3-8,12,17H2,1-2H3,(H,22,23). The summed E-state index contributed by atoms with van der Waals surface area (Å²) in [5.41, 5.74) is 1.05. The highest BCUT2D eigenvalue weighted by molar-refractivity contribution is 5.96. The molecule has 25 heavy (non-hydrogen) atoms. The lowest BCUT2D eigenvalue weighted by Gasteiger charge is -2.24. The molecule has 1 unspecified atom stereocenters. The molecule has 0 saturated carbocycles. The van der Waals surface area contributed by atoms with Crippen LogP contribution in [0.1, 0.15) is 70.3 Å². The van der Waals surface area contributed by atoms with Crippen LogP contribution in [0.15, 0.2) is 42.7 Å². The molecule has 2 aromatic rings. The highest BCUT2D eigenvalue weighted by Gasteiger charge is 2.24. The number of rotatable bonds is 11. The van der Waals surface area contributed by atoms with E-state index in [0.717, 1.165) is 24.9 Å². The molecule has 4 nitrogen and oxygen atoms in total. The van der Waals surface area contributed by atoms with Crippen LogP contribution in [0.5, 0.6) is 0 Å². The van der Waals surface area contributed by atoms with Crippen molar-refractivity contribution in [3.8, 4) is 0 Å². The van der Waals surface area contributed by atoms with Crippen molar-refractivity contribution in [1.29, 1.82) is 0 Å². The number of aromatic amines is 1. The largest absolute Gasteiger partial charge is 0.331 e. The van der Waals surface area contributed by atoms with E-state index in [-0.39, 0.29) is 11.8 Å². The van der Waals surface area contributed by atoms with Crippen molar-refractivity contribution in [3.05, 3.63) is 48.3 Å². The van der Waals surface area contributed by atoms with Gasteiger partial charge in [-0.25, -0.2) is 4.98 Å². The van der Waals surface area contributed by atoms with Gasteiger partial charge in [0.25, 0.3) is 0 Å². The number of hydrogen-bond acceptors (Lipinski definition) is 2. The zero-order chi connectivity index (χ0) is 17.9. The summed E-state index contributed by atoms with van der Waals surface area (Å²) < 4.78 is 0. The molecule has 1 N–H and O–H groups in total. The number of hydrogen-bond donors (Lipinski definition) is 1. The first kappa shape index (κ1) is 19.2. The van der Waals surface area contributed by atoms with E-state index >= 15 is 0 Å². The molecule has 0 spiro atoms. The van der Waals surface area contributed by atoms with Gasteiger partial charge in [0, 0.05) is 18.9 Å². The van der Waals surface area contributed by atoms with Crippen LogP contribution in [0.2, 0.25) is 0 Å². The molecule has 1 amide bonds. The average Bonchev–Trinajstić information content (AvgIpc) is 3.18. The zero-order valence-electron chi connectivity index (χ0n) is 15.6. The number of unbranched alkanes of at least 4 members (excludes halogenated alkanes) is 6. The normalized spacial score (nSPS) is 12.1. The number of nitrogens with one attached hydrogen (secondary N) is 1. The molecule has 0 aliphatic heterocycles. The average molecular weight is 341 g/mol. The zero-order valence-corrected chi connectivity index (χ0v) is 15.6. The summed E-state index contributed by atoms with van der Waals surface area (Å²) in [5, 5.41) is 0. The Bertz CT molecular complexity index is 595. The van der Waals surface area contributed by atoms with E-state index in [9.17, 15) is 4.79 Å². The molecule has 0 saturated heterocycles. The Balaban J connectivity index is 1.91. The Morgan fingerprint density at radius 1 is 1.08 bits per heavy atom. The van der Waals surface area contributed by atoms with Crippen LogP contribution >= 0.6 is 0 Å². The third kappa shape index (κ3) is 6.04. The van der Waals surface area contributed by atoms with Gasteiger partial charge < -0.3 is 4.98 Å². The number of aromatic nitrogens is 2. The number of carbonyl (C=O) groups excluding carboxylic acids is 1. The van der Waals surface area contributed by atoms with Gasteiger partial charge in [-0.15, -0.1) is 0 Å². The summed E-state index contributed by atoms with van der Waals surface area (Å²) in [6, 6.07) is 9.95. The lowest BCUT2D eigenvalue weighted by atomic mass is 9.99. The topological polar surface area (TPSA) is 49.0 Å². The number of carbonyl (C=O) groups is 1. The predicted molar refractivity (Wildman–Crippen MR) is 104 cm³/mol. The first-order valence-electron chi connectivity index (χ1n) is 9.59. The molecule has 1 atom stereocenters. The lowest BCUT2D eigenvalue weighted by Crippen LogP contribution is -2.36. The summed E-state index contributed by atoms with van der Waals surface area (Å²) in [5.74, 6) is 0.585. The van der Waals surface area contributed by atoms with Crippen molar-refractivity contribution in [2.75, 3.05) is 11.4 Å². The highest BCUT2D eigenvalue weighted by atomic mass is 16.2. The Hall–Kier alpha value is -2.10. The van der Waals surface area contributed by atoms with Crippen molar-refractivity contribution < 1.29 is 4.79 Å². The fraction of sp³-hybridized carbons (Fsp3) is 0.524. The first-order valence-corrected chi connectivity index (χ1v) is 9.59. The molecule has 1 aromatic heterocycles. The Kier molecular flexibility index (Phi) is 8.23. The number of nitrogens with zero attached hydrogens (tertiary/aromatic N) is 2. The van der Waals surface area contributed by atoms with Crippen LogP contribution in [0, 0.1) is 0 Å². The van der Waals surface area contributed by atoms with E-state index in [1.807, 2.05) is 42.2 Å². The number of amides is 1. The van der Waals surface area contributed by atoms with Gasteiger partial charge >= 0.3 is 0 Å². The molecule has 0 bridgehead atoms. The highest BCUT2D eigenvalue weighted by Crippen LogP contribution is 2.21. The quantitative estimate of drug-likeness (QED) is 0.564. The number of benzene rings is 1. The van der Waals surface area contributed by atoms with E-state index in [0.29, 0.717) is 5.95 Å². The Labute approximate surface area is 151 Å². The Morgan fingerprint density at radius 3 is 2.40 bits per heavy atom. The molecule has 4 heteroatoms. The minimum Gasteiger partial charge on any atom is -0.331 e. The molecule has 0 aliphatic rings.